The third-order valence-electron chi connectivity index (χ3n) is 1.43. The molecule has 16 heavy (non-hydrogen) atoms. The van der Waals surface area contributed by atoms with Crippen LogP contribution in [0.4, 0.5) is 0 Å². The van der Waals surface area contributed by atoms with E-state index in [9.17, 15) is 0 Å². The molecule has 8 heteroatoms. The Morgan fingerprint density at radius 2 is 1.62 bits per heavy atom. The highest BCUT2D eigenvalue weighted by molar-refractivity contribution is 7.80. The average molecular weight is 237 g/mol. The van der Waals surface area contributed by atoms with Crippen molar-refractivity contribution in [2.24, 2.45) is 32.5 Å². The topological polar surface area (TPSA) is 127 Å². The highest BCUT2D eigenvalue weighted by Gasteiger charge is 1.98. The number of guanidine groups is 1. The van der Waals surface area contributed by atoms with E-state index in [1.165, 1.54) is 0 Å². The zero-order valence-electron chi connectivity index (χ0n) is 8.29. The first-order chi connectivity index (χ1) is 7.58. The van der Waals surface area contributed by atoms with E-state index >= 15 is 0 Å². The molecule has 0 saturated carbocycles. The molecule has 7 nitrogen and oxygen atoms in total. The first-order valence-electron chi connectivity index (χ1n) is 4.24. The maximum atomic E-state index is 5.21. The molecule has 84 valence electrons. The van der Waals surface area contributed by atoms with Gasteiger partial charge in [-0.25, -0.2) is 0 Å². The van der Waals surface area contributed by atoms with Crippen LogP contribution in [0.2, 0.25) is 0 Å². The fourth-order valence-corrected chi connectivity index (χ4v) is 0.875. The van der Waals surface area contributed by atoms with E-state index in [0.717, 1.165) is 0 Å². The SMILES string of the molecule is NC(=S)NN=C1C=CC(=NN=C(N)N)C=C1. The molecular weight excluding hydrogens is 226 g/mol. The smallest absolute Gasteiger partial charge is 0.211 e. The van der Waals surface area contributed by atoms with Crippen molar-refractivity contribution < 1.29 is 0 Å². The first-order valence-corrected chi connectivity index (χ1v) is 4.64. The van der Waals surface area contributed by atoms with Crippen LogP contribution in [0.25, 0.3) is 0 Å². The molecule has 1 rings (SSSR count). The second-order valence-electron chi connectivity index (χ2n) is 2.73. The van der Waals surface area contributed by atoms with Gasteiger partial charge < -0.3 is 17.2 Å². The predicted octanol–water partition coefficient (Wildman–Crippen LogP) is -1.07. The van der Waals surface area contributed by atoms with E-state index in [0.29, 0.717) is 11.4 Å². The Hall–Kier alpha value is -2.22. The number of thiocarbonyl (C=S) groups is 1. The Morgan fingerprint density at radius 1 is 1.06 bits per heavy atom. The maximum Gasteiger partial charge on any atom is 0.211 e. The van der Waals surface area contributed by atoms with Gasteiger partial charge in [0, 0.05) is 0 Å². The van der Waals surface area contributed by atoms with Crippen molar-refractivity contribution in [3.8, 4) is 0 Å². The van der Waals surface area contributed by atoms with Crippen LogP contribution in [0.15, 0.2) is 39.6 Å². The molecule has 0 amide bonds. The third-order valence-corrected chi connectivity index (χ3v) is 1.52. The number of hydrogen-bond acceptors (Lipinski definition) is 4. The van der Waals surface area contributed by atoms with E-state index in [1.807, 2.05) is 0 Å². The number of nitrogens with two attached hydrogens (primary N) is 3. The van der Waals surface area contributed by atoms with E-state index in [4.69, 9.17) is 17.2 Å². The minimum atomic E-state index is -0.0936. The second-order valence-corrected chi connectivity index (χ2v) is 3.17. The number of rotatable bonds is 2. The highest BCUT2D eigenvalue weighted by atomic mass is 32.1. The van der Waals surface area contributed by atoms with E-state index in [-0.39, 0.29) is 11.1 Å². The number of allylic oxidation sites excluding steroid dienone is 4. The van der Waals surface area contributed by atoms with Gasteiger partial charge in [0.1, 0.15) is 0 Å². The molecule has 0 heterocycles. The van der Waals surface area contributed by atoms with Crippen LogP contribution in [-0.4, -0.2) is 22.5 Å². The van der Waals surface area contributed by atoms with E-state index < -0.39 is 0 Å². The van der Waals surface area contributed by atoms with Crippen molar-refractivity contribution in [3.05, 3.63) is 24.3 Å². The Morgan fingerprint density at radius 3 is 2.12 bits per heavy atom. The molecular formula is C8H11N7S. The molecule has 0 radical (unpaired) electrons. The van der Waals surface area contributed by atoms with Gasteiger partial charge in [0.25, 0.3) is 0 Å². The van der Waals surface area contributed by atoms with Crippen molar-refractivity contribution in [2.45, 2.75) is 0 Å². The van der Waals surface area contributed by atoms with Crippen molar-refractivity contribution in [1.82, 2.24) is 5.43 Å². The summed E-state index contributed by atoms with van der Waals surface area (Å²) >= 11 is 4.60. The lowest BCUT2D eigenvalue weighted by Crippen LogP contribution is -2.25. The quantitative estimate of drug-likeness (QED) is 0.160. The molecule has 0 atom stereocenters. The number of nitrogens with zero attached hydrogens (tertiary/aromatic N) is 3. The van der Waals surface area contributed by atoms with Crippen LogP contribution in [-0.2, 0) is 0 Å². The average Bonchev–Trinajstić information content (AvgIpc) is 2.25. The Bertz CT molecular complexity index is 408. The molecule has 1 aliphatic rings. The Kier molecular flexibility index (Phi) is 4.16. The summed E-state index contributed by atoms with van der Waals surface area (Å²) in [4.78, 5) is 0. The molecule has 0 unspecified atom stereocenters. The molecule has 0 fully saturated rings. The standard InChI is InChI=1S/C8H11N7S/c9-7(10)14-12-5-1-3-6(4-2-5)13-15-8(11)16/h1-4H,(H4,9,10,14)(H3,11,15,16). The van der Waals surface area contributed by atoms with Gasteiger partial charge in [0.15, 0.2) is 5.11 Å². The Labute approximate surface area is 97.5 Å². The van der Waals surface area contributed by atoms with Gasteiger partial charge in [-0.1, -0.05) is 0 Å². The molecule has 1 aliphatic carbocycles. The van der Waals surface area contributed by atoms with Crippen molar-refractivity contribution in [1.29, 1.82) is 0 Å². The second kappa shape index (κ2) is 5.61. The van der Waals surface area contributed by atoms with Gasteiger partial charge in [0.2, 0.25) is 5.96 Å². The summed E-state index contributed by atoms with van der Waals surface area (Å²) < 4.78 is 0. The van der Waals surface area contributed by atoms with E-state index in [2.05, 4.69) is 32.9 Å². The van der Waals surface area contributed by atoms with Crippen LogP contribution in [0.1, 0.15) is 0 Å². The summed E-state index contributed by atoms with van der Waals surface area (Å²) in [5, 5.41) is 11.3. The van der Waals surface area contributed by atoms with Crippen LogP contribution >= 0.6 is 12.2 Å². The normalized spacial score (nSPS) is 13.2. The summed E-state index contributed by atoms with van der Waals surface area (Å²) in [6, 6.07) is 0. The molecule has 0 bridgehead atoms. The number of hydrazone groups is 1. The molecule has 0 aromatic rings. The minimum absolute atomic E-state index is 0.0936. The molecule has 0 aliphatic heterocycles. The van der Waals surface area contributed by atoms with Gasteiger partial charge in [0.05, 0.1) is 11.4 Å². The molecule has 0 spiro atoms. The molecule has 0 saturated heterocycles. The zero-order valence-corrected chi connectivity index (χ0v) is 9.11. The lowest BCUT2D eigenvalue weighted by molar-refractivity contribution is 1.04. The Balaban J connectivity index is 2.66. The zero-order chi connectivity index (χ0) is 12.0. The van der Waals surface area contributed by atoms with Crippen molar-refractivity contribution >= 4 is 34.7 Å². The van der Waals surface area contributed by atoms with Gasteiger partial charge in [-0.05, 0) is 36.5 Å². The summed E-state index contributed by atoms with van der Waals surface area (Å²) in [6.07, 6.45) is 6.83. The van der Waals surface area contributed by atoms with Crippen LogP contribution in [0.5, 0.6) is 0 Å². The van der Waals surface area contributed by atoms with Crippen molar-refractivity contribution in [3.63, 3.8) is 0 Å². The van der Waals surface area contributed by atoms with Gasteiger partial charge in [-0.15, -0.1) is 10.2 Å². The lowest BCUT2D eigenvalue weighted by atomic mass is 10.1. The number of hydrogen-bond donors (Lipinski definition) is 4. The lowest BCUT2D eigenvalue weighted by Gasteiger charge is -2.01. The third kappa shape index (κ3) is 4.33. The molecule has 0 aromatic heterocycles. The largest absolute Gasteiger partial charge is 0.375 e. The predicted molar refractivity (Wildman–Crippen MR) is 68.9 cm³/mol. The van der Waals surface area contributed by atoms with Crippen LogP contribution in [0.3, 0.4) is 0 Å². The summed E-state index contributed by atoms with van der Waals surface area (Å²) in [5.41, 5.74) is 19.2. The van der Waals surface area contributed by atoms with Gasteiger partial charge in [-0.2, -0.15) is 5.10 Å². The monoisotopic (exact) mass is 237 g/mol. The molecule has 7 N–H and O–H groups in total. The summed E-state index contributed by atoms with van der Waals surface area (Å²) in [6.45, 7) is 0. The minimum Gasteiger partial charge on any atom is -0.375 e. The fourth-order valence-electron chi connectivity index (χ4n) is 0.829. The van der Waals surface area contributed by atoms with Crippen LogP contribution in [0, 0.1) is 0 Å². The fraction of sp³-hybridized carbons (Fsp3) is 0. The van der Waals surface area contributed by atoms with Crippen molar-refractivity contribution in [2.75, 3.05) is 0 Å². The summed E-state index contributed by atoms with van der Waals surface area (Å²) in [5.74, 6) is -0.0936. The first kappa shape index (κ1) is 11.9. The van der Waals surface area contributed by atoms with E-state index in [1.54, 1.807) is 24.3 Å². The highest BCUT2D eigenvalue weighted by Crippen LogP contribution is 1.97. The summed E-state index contributed by atoms with van der Waals surface area (Å²) in [7, 11) is 0. The van der Waals surface area contributed by atoms with Gasteiger partial charge in [-0.3, -0.25) is 5.43 Å². The van der Waals surface area contributed by atoms with Gasteiger partial charge >= 0.3 is 0 Å². The molecule has 0 aromatic carbocycles. The maximum absolute atomic E-state index is 5.21. The van der Waals surface area contributed by atoms with Crippen LogP contribution < -0.4 is 22.6 Å². The number of nitrogens with one attached hydrogen (secondary N) is 1.